The first-order chi connectivity index (χ1) is 35.3. The molecule has 19 nitrogen and oxygen atoms in total. The second-order valence-electron chi connectivity index (χ2n) is 18.6. The van der Waals surface area contributed by atoms with Gasteiger partial charge in [0.2, 0.25) is 5.91 Å². The topological polar surface area (TPSA) is 233 Å². The van der Waals surface area contributed by atoms with Gasteiger partial charge in [0.25, 0.3) is 11.8 Å². The van der Waals surface area contributed by atoms with Crippen molar-refractivity contribution in [3.63, 3.8) is 0 Å². The van der Waals surface area contributed by atoms with Crippen LogP contribution in [-0.2, 0) is 20.9 Å². The molecule has 3 amide bonds. The molecule has 3 aromatic heterocycles. The van der Waals surface area contributed by atoms with Gasteiger partial charge in [0, 0.05) is 119 Å². The number of anilines is 2. The number of piperazine rings is 1. The van der Waals surface area contributed by atoms with E-state index in [1.165, 1.54) is 18.3 Å². The number of hydrogen-bond acceptors (Lipinski definition) is 15. The van der Waals surface area contributed by atoms with E-state index in [4.69, 9.17) is 31.4 Å². The first kappa shape index (κ1) is 51.9. The van der Waals surface area contributed by atoms with Gasteiger partial charge in [-0.25, -0.2) is 24.1 Å². The van der Waals surface area contributed by atoms with Gasteiger partial charge >= 0.3 is 0 Å². The summed E-state index contributed by atoms with van der Waals surface area (Å²) in [5, 5.41) is 19.5. The number of nitrogens with one attached hydrogen (secondary N) is 3. The number of ether oxygens (including phenoxy) is 2. The zero-order valence-corrected chi connectivity index (χ0v) is 41.2. The van der Waals surface area contributed by atoms with Crippen LogP contribution in [0, 0.1) is 17.0 Å². The number of carbonyl (C=O) groups is 4. The molecule has 0 spiro atoms. The third-order valence-corrected chi connectivity index (χ3v) is 13.7. The van der Waals surface area contributed by atoms with Crippen LogP contribution >= 0.6 is 0 Å². The minimum Gasteiger partial charge on any atom is -0.492 e. The molecule has 7 N–H and O–H groups in total. The van der Waals surface area contributed by atoms with Crippen LogP contribution in [-0.4, -0.2) is 150 Å². The molecule has 0 aliphatic carbocycles. The summed E-state index contributed by atoms with van der Waals surface area (Å²) >= 11 is 0. The second kappa shape index (κ2) is 23.4. The van der Waals surface area contributed by atoms with Crippen molar-refractivity contribution in [2.24, 2.45) is 11.6 Å². The van der Waals surface area contributed by atoms with Crippen molar-refractivity contribution in [1.82, 2.24) is 40.0 Å². The normalized spacial score (nSPS) is 16.3. The first-order valence-electron chi connectivity index (χ1n) is 24.6. The molecule has 3 aliphatic rings. The largest absolute Gasteiger partial charge is 0.492 e. The fourth-order valence-corrected chi connectivity index (χ4v) is 9.86. The Balaban J connectivity index is 0.826. The van der Waals surface area contributed by atoms with Gasteiger partial charge in [-0.05, 0) is 92.8 Å². The zero-order valence-electron chi connectivity index (χ0n) is 41.2. The van der Waals surface area contributed by atoms with E-state index in [1.807, 2.05) is 43.3 Å². The Kier molecular flexibility index (Phi) is 16.6. The Bertz CT molecular complexity index is 2830. The standard InChI is InChI=1S/C52H63F2N13O6/c1-3-73-41-26-43(48-37(27-55)29-60-67(48)32-41)35-7-12-47(59-28-35)64-17-13-52(14-18-64,61-49(69)44-25-38(53)8-11-45(44)54)34-72-33-39(56)31-65(57)16-5-15-62-19-21-63(22-20-62)40-9-10-42-36(24-40)30-66(51(42)71)46(6-4-23-68)50(70)58-2/h7-12,23-29,31-32,46,55H,3-6,13-22,30,33-34,56-57H2,1-2H3,(H,58,70)(H,61,69)/b39-31-,55-27?. The van der Waals surface area contributed by atoms with Crippen LogP contribution in [0.5, 0.6) is 5.75 Å². The molecule has 6 heterocycles. The molecular weight excluding hydrogens is 941 g/mol. The molecule has 0 saturated carbocycles. The molecule has 73 heavy (non-hydrogen) atoms. The van der Waals surface area contributed by atoms with Gasteiger partial charge in [-0.2, -0.15) is 5.10 Å². The van der Waals surface area contributed by atoms with E-state index >= 15 is 0 Å². The SMILES string of the molecule is CCOc1cc(-c2ccc(N3CCC(COC/C(N)=C/N(N)CCCN4CCN(c5ccc6c(c5)CN(C(CCC=O)C(=O)NC)C6=O)CC4)(NC(=O)c4cc(F)ccc4F)CC3)nc2)c2c(C=N)cnn2c1. The van der Waals surface area contributed by atoms with Crippen LogP contribution in [0.4, 0.5) is 20.3 Å². The predicted molar refractivity (Wildman–Crippen MR) is 272 cm³/mol. The Morgan fingerprint density at radius 2 is 1.79 bits per heavy atom. The molecule has 5 aromatic rings. The third-order valence-electron chi connectivity index (χ3n) is 13.7. The van der Waals surface area contributed by atoms with Crippen molar-refractivity contribution in [3.05, 3.63) is 119 Å². The molecule has 0 bridgehead atoms. The van der Waals surface area contributed by atoms with E-state index in [2.05, 4.69) is 30.4 Å². The molecule has 3 aliphatic heterocycles. The van der Waals surface area contributed by atoms with Crippen LogP contribution in [0.2, 0.25) is 0 Å². The Hall–Kier alpha value is -7.49. The zero-order chi connectivity index (χ0) is 51.6. The van der Waals surface area contributed by atoms with E-state index in [-0.39, 0.29) is 37.9 Å². The fourth-order valence-electron chi connectivity index (χ4n) is 9.86. The van der Waals surface area contributed by atoms with E-state index in [9.17, 15) is 28.0 Å². The summed E-state index contributed by atoms with van der Waals surface area (Å²) in [6.07, 6.45) is 10.8. The summed E-state index contributed by atoms with van der Waals surface area (Å²) in [4.78, 5) is 63.6. The number of carbonyl (C=O) groups excluding carboxylic acids is 4. The molecular formula is C52H63F2N13O6. The highest BCUT2D eigenvalue weighted by molar-refractivity contribution is 6.01. The molecule has 386 valence electrons. The number of piperidine rings is 1. The van der Waals surface area contributed by atoms with Gasteiger partial charge in [0.15, 0.2) is 0 Å². The van der Waals surface area contributed by atoms with Crippen molar-refractivity contribution in [2.75, 3.05) is 89.0 Å². The number of nitrogens with two attached hydrogens (primary N) is 2. The number of hydrogen-bond donors (Lipinski definition) is 5. The van der Waals surface area contributed by atoms with E-state index in [0.29, 0.717) is 74.0 Å². The molecule has 0 radical (unpaired) electrons. The number of halogens is 2. The minimum atomic E-state index is -0.952. The highest BCUT2D eigenvalue weighted by Gasteiger charge is 2.39. The van der Waals surface area contributed by atoms with Gasteiger partial charge in [-0.1, -0.05) is 0 Å². The molecule has 2 saturated heterocycles. The van der Waals surface area contributed by atoms with Gasteiger partial charge in [0.1, 0.15) is 35.5 Å². The monoisotopic (exact) mass is 1000 g/mol. The van der Waals surface area contributed by atoms with Crippen LogP contribution in [0.25, 0.3) is 16.6 Å². The quantitative estimate of drug-likeness (QED) is 0.0285. The summed E-state index contributed by atoms with van der Waals surface area (Å²) in [6.45, 7) is 8.27. The summed E-state index contributed by atoms with van der Waals surface area (Å²) in [6, 6.07) is 13.7. The third kappa shape index (κ3) is 12.1. The lowest BCUT2D eigenvalue weighted by Gasteiger charge is -2.42. The number of pyridine rings is 2. The molecule has 1 unspecified atom stereocenters. The number of aldehydes is 1. The van der Waals surface area contributed by atoms with Crippen LogP contribution in [0.15, 0.2) is 85.1 Å². The summed E-state index contributed by atoms with van der Waals surface area (Å²) < 4.78 is 42.6. The lowest BCUT2D eigenvalue weighted by atomic mass is 9.87. The van der Waals surface area contributed by atoms with Crippen LogP contribution < -0.4 is 36.7 Å². The fraction of sp³-hybridized carbons (Fsp3) is 0.404. The molecule has 2 aromatic carbocycles. The Morgan fingerprint density at radius 1 is 1.00 bits per heavy atom. The van der Waals surface area contributed by atoms with Crippen molar-refractivity contribution >= 4 is 47.2 Å². The van der Waals surface area contributed by atoms with Crippen molar-refractivity contribution in [1.29, 1.82) is 5.41 Å². The average Bonchev–Trinajstić information content (AvgIpc) is 3.97. The van der Waals surface area contributed by atoms with Gasteiger partial charge in [0.05, 0.1) is 54.5 Å². The van der Waals surface area contributed by atoms with Crippen molar-refractivity contribution in [3.8, 4) is 16.9 Å². The van der Waals surface area contributed by atoms with Gasteiger partial charge in [-0.15, -0.1) is 0 Å². The van der Waals surface area contributed by atoms with Crippen LogP contribution in [0.1, 0.15) is 70.9 Å². The van der Waals surface area contributed by atoms with E-state index < -0.39 is 34.7 Å². The number of fused-ring (bicyclic) bond motifs is 2. The smallest absolute Gasteiger partial charge is 0.255 e. The molecule has 21 heteroatoms. The molecule has 8 rings (SSSR count). The summed E-state index contributed by atoms with van der Waals surface area (Å²) in [7, 11) is 1.53. The van der Waals surface area contributed by atoms with Crippen molar-refractivity contribution < 1.29 is 37.4 Å². The summed E-state index contributed by atoms with van der Waals surface area (Å²) in [5.74, 6) is 4.88. The number of likely N-dealkylation sites (N-methyl/N-ethyl adjacent to an activating group) is 1. The van der Waals surface area contributed by atoms with Gasteiger partial charge < -0.3 is 55.8 Å². The molecule has 2 fully saturated rings. The van der Waals surface area contributed by atoms with Gasteiger partial charge in [-0.3, -0.25) is 19.3 Å². The molecule has 1 atom stereocenters. The number of hydrazine groups is 1. The number of aromatic nitrogens is 3. The Labute approximate surface area is 422 Å². The number of nitrogens with zero attached hydrogens (tertiary/aromatic N) is 8. The number of rotatable bonds is 22. The van der Waals surface area contributed by atoms with Crippen molar-refractivity contribution in [2.45, 2.75) is 57.2 Å². The predicted octanol–water partition coefficient (Wildman–Crippen LogP) is 4.09. The Morgan fingerprint density at radius 3 is 2.51 bits per heavy atom. The maximum absolute atomic E-state index is 14.8. The van der Waals surface area contributed by atoms with E-state index in [0.717, 1.165) is 91.5 Å². The average molecular weight is 1000 g/mol. The lowest BCUT2D eigenvalue weighted by molar-refractivity contribution is -0.125. The van der Waals surface area contributed by atoms with E-state index in [1.54, 1.807) is 34.2 Å². The highest BCUT2D eigenvalue weighted by Crippen LogP contribution is 2.34. The van der Waals surface area contributed by atoms with Crippen LogP contribution in [0.3, 0.4) is 0 Å². The highest BCUT2D eigenvalue weighted by atomic mass is 19.1. The first-order valence-corrected chi connectivity index (χ1v) is 24.6. The summed E-state index contributed by atoms with van der Waals surface area (Å²) in [5.41, 5.74) is 10.9. The number of amides is 3. The maximum atomic E-state index is 14.8. The number of benzene rings is 2. The maximum Gasteiger partial charge on any atom is 0.255 e. The lowest BCUT2D eigenvalue weighted by Crippen LogP contribution is -2.58. The minimum absolute atomic E-state index is 0.00664. The second-order valence-corrected chi connectivity index (χ2v) is 18.6.